The number of rotatable bonds is 6. The molecule has 1 heterocycles. The molecule has 2 N–H and O–H groups in total. The fraction of sp³-hybridized carbons (Fsp3) is 0.462. The van der Waals surface area contributed by atoms with Crippen LogP contribution >= 0.6 is 0 Å². The molecule has 2 unspecified atom stereocenters. The highest BCUT2D eigenvalue weighted by molar-refractivity contribution is 7.88. The average molecular weight is 317 g/mol. The van der Waals surface area contributed by atoms with Gasteiger partial charge in [0.25, 0.3) is 0 Å². The number of halogens is 1. The minimum atomic E-state index is -3.57. The summed E-state index contributed by atoms with van der Waals surface area (Å²) in [5.41, 5.74) is 0.472. The van der Waals surface area contributed by atoms with Gasteiger partial charge in [0.2, 0.25) is 10.0 Å². The first kappa shape index (κ1) is 15.9. The Morgan fingerprint density at radius 3 is 2.57 bits per heavy atom. The molecule has 1 aromatic carbocycles. The van der Waals surface area contributed by atoms with Gasteiger partial charge >= 0.3 is 5.97 Å². The number of hydrogen-bond acceptors (Lipinski definition) is 4. The normalized spacial score (nSPS) is 22.3. The first-order valence-electron chi connectivity index (χ1n) is 6.46. The van der Waals surface area contributed by atoms with E-state index in [9.17, 15) is 17.6 Å². The van der Waals surface area contributed by atoms with E-state index in [0.29, 0.717) is 18.4 Å². The van der Waals surface area contributed by atoms with Crippen molar-refractivity contribution in [3.8, 4) is 0 Å². The van der Waals surface area contributed by atoms with Gasteiger partial charge in [-0.05, 0) is 30.5 Å². The van der Waals surface area contributed by atoms with Crippen LogP contribution in [0.1, 0.15) is 18.4 Å². The standard InChI is InChI=1S/C13H16FNO5S/c14-10-3-1-9(2-4-10)8-21(18,19)15-7-11-5-6-12(20-11)13(16)17/h1-4,11-12,15H,5-8H2,(H,16,17). The van der Waals surface area contributed by atoms with E-state index in [2.05, 4.69) is 4.72 Å². The minimum absolute atomic E-state index is 0.0350. The zero-order chi connectivity index (χ0) is 15.5. The van der Waals surface area contributed by atoms with Gasteiger partial charge in [0.1, 0.15) is 5.82 Å². The third kappa shape index (κ3) is 4.76. The number of benzene rings is 1. The van der Waals surface area contributed by atoms with Crippen LogP contribution in [0.25, 0.3) is 0 Å². The molecule has 1 aliphatic rings. The number of hydrogen-bond donors (Lipinski definition) is 2. The molecule has 0 amide bonds. The molecular weight excluding hydrogens is 301 g/mol. The molecule has 6 nitrogen and oxygen atoms in total. The van der Waals surface area contributed by atoms with Crippen LogP contribution in [-0.4, -0.2) is 38.2 Å². The SMILES string of the molecule is O=C(O)C1CCC(CNS(=O)(=O)Cc2ccc(F)cc2)O1. The second kappa shape index (κ2) is 6.50. The van der Waals surface area contributed by atoms with Crippen LogP contribution in [0.3, 0.4) is 0 Å². The second-order valence-corrected chi connectivity index (χ2v) is 6.70. The molecule has 8 heteroatoms. The summed E-state index contributed by atoms with van der Waals surface area (Å²) >= 11 is 0. The maximum absolute atomic E-state index is 12.7. The molecule has 1 saturated heterocycles. The summed E-state index contributed by atoms with van der Waals surface area (Å²) in [5.74, 6) is -1.72. The van der Waals surface area contributed by atoms with Crippen LogP contribution in [0, 0.1) is 5.82 Å². The van der Waals surface area contributed by atoms with Crippen molar-refractivity contribution in [1.82, 2.24) is 4.72 Å². The van der Waals surface area contributed by atoms with Gasteiger partial charge in [0.15, 0.2) is 6.10 Å². The van der Waals surface area contributed by atoms with Gasteiger partial charge in [-0.25, -0.2) is 22.3 Å². The van der Waals surface area contributed by atoms with Gasteiger partial charge in [-0.3, -0.25) is 0 Å². The Kier molecular flexibility index (Phi) is 4.92. The fourth-order valence-corrected chi connectivity index (χ4v) is 3.28. The molecule has 0 bridgehead atoms. The molecule has 2 atom stereocenters. The average Bonchev–Trinajstić information content (AvgIpc) is 2.88. The Labute approximate surface area is 122 Å². The van der Waals surface area contributed by atoms with Crippen molar-refractivity contribution in [2.24, 2.45) is 0 Å². The maximum Gasteiger partial charge on any atom is 0.332 e. The minimum Gasteiger partial charge on any atom is -0.479 e. The monoisotopic (exact) mass is 317 g/mol. The van der Waals surface area contributed by atoms with E-state index in [-0.39, 0.29) is 12.3 Å². The summed E-state index contributed by atoms with van der Waals surface area (Å²) in [7, 11) is -3.57. The Morgan fingerprint density at radius 2 is 2.00 bits per heavy atom. The largest absolute Gasteiger partial charge is 0.479 e. The second-order valence-electron chi connectivity index (χ2n) is 4.90. The summed E-state index contributed by atoms with van der Waals surface area (Å²) in [4.78, 5) is 10.7. The van der Waals surface area contributed by atoms with Crippen LogP contribution in [0.2, 0.25) is 0 Å². The van der Waals surface area contributed by atoms with E-state index >= 15 is 0 Å². The molecule has 0 aliphatic carbocycles. The summed E-state index contributed by atoms with van der Waals surface area (Å²) in [6.45, 7) is 0.0350. The Morgan fingerprint density at radius 1 is 1.33 bits per heavy atom. The summed E-state index contributed by atoms with van der Waals surface area (Å²) in [6, 6.07) is 5.20. The van der Waals surface area contributed by atoms with Crippen molar-refractivity contribution in [2.75, 3.05) is 6.54 Å². The maximum atomic E-state index is 12.7. The number of carboxylic acid groups (broad SMARTS) is 1. The van der Waals surface area contributed by atoms with Crippen LogP contribution in [0.5, 0.6) is 0 Å². The summed E-state index contributed by atoms with van der Waals surface area (Å²) in [6.07, 6.45) is -0.430. The van der Waals surface area contributed by atoms with Crippen LogP contribution in [0.4, 0.5) is 4.39 Å². The van der Waals surface area contributed by atoms with Gasteiger partial charge in [-0.1, -0.05) is 12.1 Å². The molecule has 21 heavy (non-hydrogen) atoms. The van der Waals surface area contributed by atoms with Crippen LogP contribution in [0.15, 0.2) is 24.3 Å². The molecule has 1 fully saturated rings. The smallest absolute Gasteiger partial charge is 0.332 e. The Bertz CT molecular complexity index is 601. The van der Waals surface area contributed by atoms with Gasteiger partial charge in [0, 0.05) is 6.54 Å². The van der Waals surface area contributed by atoms with Crippen molar-refractivity contribution < 1.29 is 27.4 Å². The number of ether oxygens (including phenoxy) is 1. The predicted molar refractivity (Wildman–Crippen MR) is 72.6 cm³/mol. The number of carbonyl (C=O) groups is 1. The zero-order valence-electron chi connectivity index (χ0n) is 11.2. The lowest BCUT2D eigenvalue weighted by atomic mass is 10.2. The topological polar surface area (TPSA) is 92.7 Å². The highest BCUT2D eigenvalue weighted by Gasteiger charge is 2.30. The molecule has 0 radical (unpaired) electrons. The molecule has 0 aromatic heterocycles. The molecular formula is C13H16FNO5S. The van der Waals surface area contributed by atoms with E-state index < -0.39 is 34.0 Å². The van der Waals surface area contributed by atoms with Crippen molar-refractivity contribution >= 4 is 16.0 Å². The summed E-state index contributed by atoms with van der Waals surface area (Å²) in [5, 5.41) is 8.78. The molecule has 0 saturated carbocycles. The van der Waals surface area contributed by atoms with Crippen LogP contribution in [-0.2, 0) is 25.3 Å². The number of aliphatic carboxylic acids is 1. The lowest BCUT2D eigenvalue weighted by Crippen LogP contribution is -2.33. The van der Waals surface area contributed by atoms with Crippen molar-refractivity contribution in [3.63, 3.8) is 0 Å². The van der Waals surface area contributed by atoms with E-state index in [4.69, 9.17) is 9.84 Å². The Balaban J connectivity index is 1.84. The highest BCUT2D eigenvalue weighted by Crippen LogP contribution is 2.19. The Hall–Kier alpha value is -1.51. The van der Waals surface area contributed by atoms with Crippen LogP contribution < -0.4 is 4.72 Å². The van der Waals surface area contributed by atoms with Gasteiger partial charge in [-0.15, -0.1) is 0 Å². The van der Waals surface area contributed by atoms with Crippen molar-refractivity contribution in [3.05, 3.63) is 35.6 Å². The van der Waals surface area contributed by atoms with Gasteiger partial charge in [0.05, 0.1) is 11.9 Å². The lowest BCUT2D eigenvalue weighted by molar-refractivity contribution is -0.149. The van der Waals surface area contributed by atoms with Gasteiger partial charge in [-0.2, -0.15) is 0 Å². The lowest BCUT2D eigenvalue weighted by Gasteiger charge is -2.12. The number of nitrogens with one attached hydrogen (secondary N) is 1. The number of carboxylic acids is 1. The third-order valence-electron chi connectivity index (χ3n) is 3.18. The summed E-state index contributed by atoms with van der Waals surface area (Å²) < 4.78 is 44.1. The predicted octanol–water partition coefficient (Wildman–Crippen LogP) is 0.877. The van der Waals surface area contributed by atoms with E-state index in [0.717, 1.165) is 0 Å². The zero-order valence-corrected chi connectivity index (χ0v) is 12.0. The van der Waals surface area contributed by atoms with Gasteiger partial charge < -0.3 is 9.84 Å². The molecule has 1 aromatic rings. The first-order chi connectivity index (χ1) is 9.85. The fourth-order valence-electron chi connectivity index (χ4n) is 2.11. The molecule has 0 spiro atoms. The molecule has 2 rings (SSSR count). The van der Waals surface area contributed by atoms with Crippen molar-refractivity contribution in [2.45, 2.75) is 30.8 Å². The molecule has 116 valence electrons. The quantitative estimate of drug-likeness (QED) is 0.812. The number of sulfonamides is 1. The highest BCUT2D eigenvalue weighted by atomic mass is 32.2. The first-order valence-corrected chi connectivity index (χ1v) is 8.11. The van der Waals surface area contributed by atoms with E-state index in [1.54, 1.807) is 0 Å². The van der Waals surface area contributed by atoms with E-state index in [1.807, 2.05) is 0 Å². The molecule has 1 aliphatic heterocycles. The third-order valence-corrected chi connectivity index (χ3v) is 4.50. The van der Waals surface area contributed by atoms with Crippen molar-refractivity contribution in [1.29, 1.82) is 0 Å². The van der Waals surface area contributed by atoms with E-state index in [1.165, 1.54) is 24.3 Å².